The minimum atomic E-state index is -4.51. The summed E-state index contributed by atoms with van der Waals surface area (Å²) in [6.45, 7) is 0. The van der Waals surface area contributed by atoms with Gasteiger partial charge in [0.2, 0.25) is 5.91 Å². The largest absolute Gasteiger partial charge is 0.496 e. The number of carbonyl (C=O) groups is 1. The number of halogens is 3. The molecule has 1 amide bonds. The van der Waals surface area contributed by atoms with Crippen LogP contribution in [0.4, 0.5) is 13.2 Å². The Balaban J connectivity index is 3.16. The first kappa shape index (κ1) is 12.4. The maximum atomic E-state index is 12.6. The first-order valence-corrected chi connectivity index (χ1v) is 4.37. The average Bonchev–Trinajstić information content (AvgIpc) is 2.15. The highest BCUT2D eigenvalue weighted by atomic mass is 19.4. The molecule has 0 spiro atoms. The minimum absolute atomic E-state index is 0.209. The van der Waals surface area contributed by atoms with Crippen LogP contribution in [0.3, 0.4) is 0 Å². The summed E-state index contributed by atoms with van der Waals surface area (Å²) in [7, 11) is 1.15. The third-order valence-corrected chi connectivity index (χ3v) is 1.95. The van der Waals surface area contributed by atoms with Crippen molar-refractivity contribution >= 4 is 5.91 Å². The Kier molecular flexibility index (Phi) is 3.41. The highest BCUT2D eigenvalue weighted by Gasteiger charge is 2.34. The highest BCUT2D eigenvalue weighted by molar-refractivity contribution is 5.76. The molecule has 1 aromatic rings. The second-order valence-corrected chi connectivity index (χ2v) is 3.18. The molecule has 0 aliphatic heterocycles. The molecule has 6 heteroatoms. The Morgan fingerprint density at radius 2 is 2.06 bits per heavy atom. The van der Waals surface area contributed by atoms with Gasteiger partial charge in [0, 0.05) is 0 Å². The summed E-state index contributed by atoms with van der Waals surface area (Å²) >= 11 is 0. The number of ether oxygens (including phenoxy) is 1. The molecule has 0 aromatic heterocycles. The number of rotatable bonds is 3. The molecule has 0 aliphatic carbocycles. The molecular formula is C10H10F3NO2. The summed E-state index contributed by atoms with van der Waals surface area (Å²) in [5.41, 5.74) is 4.20. The zero-order valence-corrected chi connectivity index (χ0v) is 8.47. The lowest BCUT2D eigenvalue weighted by Gasteiger charge is -2.12. The van der Waals surface area contributed by atoms with Crippen molar-refractivity contribution < 1.29 is 22.7 Å². The van der Waals surface area contributed by atoms with Crippen molar-refractivity contribution in [3.05, 3.63) is 29.3 Å². The van der Waals surface area contributed by atoms with Crippen molar-refractivity contribution in [3.8, 4) is 5.75 Å². The molecule has 0 aliphatic rings. The van der Waals surface area contributed by atoms with E-state index >= 15 is 0 Å². The highest BCUT2D eigenvalue weighted by Crippen LogP contribution is 2.36. The van der Waals surface area contributed by atoms with Crippen LogP contribution in [0, 0.1) is 0 Å². The molecule has 0 heterocycles. The molecule has 1 rings (SSSR count). The predicted molar refractivity (Wildman–Crippen MR) is 50.9 cm³/mol. The van der Waals surface area contributed by atoms with Gasteiger partial charge >= 0.3 is 6.18 Å². The van der Waals surface area contributed by atoms with Gasteiger partial charge in [0.05, 0.1) is 19.1 Å². The molecule has 0 radical (unpaired) electrons. The summed E-state index contributed by atoms with van der Waals surface area (Å²) in [5, 5.41) is 0. The number of hydrogen-bond donors (Lipinski definition) is 1. The number of methoxy groups -OCH3 is 1. The van der Waals surface area contributed by atoms with E-state index in [1.807, 2.05) is 0 Å². The number of carbonyl (C=O) groups excluding carboxylic acids is 1. The van der Waals surface area contributed by atoms with Gasteiger partial charge in [-0.2, -0.15) is 13.2 Å². The first-order valence-electron chi connectivity index (χ1n) is 4.37. The Morgan fingerprint density at radius 3 is 2.50 bits per heavy atom. The summed E-state index contributed by atoms with van der Waals surface area (Å²) in [6.07, 6.45) is -4.74. The molecular weight excluding hydrogens is 223 g/mol. The monoisotopic (exact) mass is 233 g/mol. The van der Waals surface area contributed by atoms with Crippen LogP contribution >= 0.6 is 0 Å². The molecule has 0 saturated carbocycles. The first-order chi connectivity index (χ1) is 7.34. The topological polar surface area (TPSA) is 52.3 Å². The molecule has 3 nitrogen and oxygen atoms in total. The number of hydrogen-bond acceptors (Lipinski definition) is 2. The van der Waals surface area contributed by atoms with Crippen LogP contribution in [-0.2, 0) is 17.4 Å². The lowest BCUT2D eigenvalue weighted by Crippen LogP contribution is -2.15. The summed E-state index contributed by atoms with van der Waals surface area (Å²) in [5.74, 6) is -0.959. The minimum Gasteiger partial charge on any atom is -0.496 e. The van der Waals surface area contributed by atoms with Gasteiger partial charge in [-0.25, -0.2) is 0 Å². The van der Waals surface area contributed by atoms with Crippen molar-refractivity contribution in [2.45, 2.75) is 12.6 Å². The predicted octanol–water partition coefficient (Wildman–Crippen LogP) is 1.74. The van der Waals surface area contributed by atoms with Crippen LogP contribution in [0.15, 0.2) is 18.2 Å². The smallest absolute Gasteiger partial charge is 0.419 e. The van der Waals surface area contributed by atoms with Gasteiger partial charge < -0.3 is 10.5 Å². The van der Waals surface area contributed by atoms with Gasteiger partial charge in [-0.05, 0) is 17.7 Å². The van der Waals surface area contributed by atoms with E-state index in [1.54, 1.807) is 0 Å². The fraction of sp³-hybridized carbons (Fsp3) is 0.300. The van der Waals surface area contributed by atoms with E-state index in [0.29, 0.717) is 0 Å². The Morgan fingerprint density at radius 1 is 1.44 bits per heavy atom. The second kappa shape index (κ2) is 4.42. The molecule has 0 unspecified atom stereocenters. The van der Waals surface area contributed by atoms with Crippen molar-refractivity contribution in [3.63, 3.8) is 0 Å². The number of nitrogens with two attached hydrogens (primary N) is 1. The molecule has 1 aromatic carbocycles. The molecule has 0 atom stereocenters. The van der Waals surface area contributed by atoms with Gasteiger partial charge in [0.15, 0.2) is 0 Å². The average molecular weight is 233 g/mol. The van der Waals surface area contributed by atoms with Crippen molar-refractivity contribution in [2.75, 3.05) is 7.11 Å². The van der Waals surface area contributed by atoms with Gasteiger partial charge in [-0.15, -0.1) is 0 Å². The fourth-order valence-corrected chi connectivity index (χ4v) is 1.29. The Labute approximate surface area is 90.0 Å². The maximum Gasteiger partial charge on any atom is 0.419 e. The van der Waals surface area contributed by atoms with Gasteiger partial charge in [0.1, 0.15) is 5.75 Å². The SMILES string of the molecule is COc1ccc(CC(N)=O)cc1C(F)(F)F. The fourth-order valence-electron chi connectivity index (χ4n) is 1.29. The number of primary amides is 1. The molecule has 0 saturated heterocycles. The Hall–Kier alpha value is -1.72. The van der Waals surface area contributed by atoms with E-state index in [1.165, 1.54) is 12.1 Å². The van der Waals surface area contributed by atoms with Crippen molar-refractivity contribution in [2.24, 2.45) is 5.73 Å². The quantitative estimate of drug-likeness (QED) is 0.864. The number of benzene rings is 1. The lowest BCUT2D eigenvalue weighted by atomic mass is 10.1. The zero-order chi connectivity index (χ0) is 12.3. The summed E-state index contributed by atoms with van der Waals surface area (Å²) in [6, 6.07) is 3.41. The normalized spacial score (nSPS) is 11.2. The third-order valence-electron chi connectivity index (χ3n) is 1.95. The van der Waals surface area contributed by atoms with Crippen LogP contribution in [0.5, 0.6) is 5.75 Å². The van der Waals surface area contributed by atoms with Crippen molar-refractivity contribution in [1.29, 1.82) is 0 Å². The van der Waals surface area contributed by atoms with Crippen LogP contribution in [-0.4, -0.2) is 13.0 Å². The number of amides is 1. The summed E-state index contributed by atoms with van der Waals surface area (Å²) in [4.78, 5) is 10.6. The second-order valence-electron chi connectivity index (χ2n) is 3.18. The van der Waals surface area contributed by atoms with E-state index < -0.39 is 17.6 Å². The van der Waals surface area contributed by atoms with E-state index in [9.17, 15) is 18.0 Å². The van der Waals surface area contributed by atoms with E-state index in [4.69, 9.17) is 5.73 Å². The van der Waals surface area contributed by atoms with E-state index in [-0.39, 0.29) is 17.7 Å². The van der Waals surface area contributed by atoms with E-state index in [2.05, 4.69) is 4.74 Å². The molecule has 16 heavy (non-hydrogen) atoms. The van der Waals surface area contributed by atoms with Crippen LogP contribution < -0.4 is 10.5 Å². The van der Waals surface area contributed by atoms with Crippen molar-refractivity contribution in [1.82, 2.24) is 0 Å². The maximum absolute atomic E-state index is 12.6. The Bertz CT molecular complexity index is 402. The standard InChI is InChI=1S/C10H10F3NO2/c1-16-8-3-2-6(5-9(14)15)4-7(8)10(11,12)13/h2-4H,5H2,1H3,(H2,14,15). The third kappa shape index (κ3) is 2.88. The van der Waals surface area contributed by atoms with Crippen LogP contribution in [0.25, 0.3) is 0 Å². The van der Waals surface area contributed by atoms with Crippen LogP contribution in [0.1, 0.15) is 11.1 Å². The zero-order valence-electron chi connectivity index (χ0n) is 8.47. The summed E-state index contributed by atoms with van der Waals surface area (Å²) < 4.78 is 42.3. The van der Waals surface area contributed by atoms with Gasteiger partial charge in [-0.1, -0.05) is 6.07 Å². The molecule has 0 bridgehead atoms. The van der Waals surface area contributed by atoms with Crippen LogP contribution in [0.2, 0.25) is 0 Å². The molecule has 0 fully saturated rings. The molecule has 2 N–H and O–H groups in total. The number of alkyl halides is 3. The van der Waals surface area contributed by atoms with Gasteiger partial charge in [0.25, 0.3) is 0 Å². The van der Waals surface area contributed by atoms with E-state index in [0.717, 1.165) is 13.2 Å². The molecule has 88 valence electrons. The van der Waals surface area contributed by atoms with Gasteiger partial charge in [-0.3, -0.25) is 4.79 Å². The lowest BCUT2D eigenvalue weighted by molar-refractivity contribution is -0.138.